The second kappa shape index (κ2) is 9.81. The van der Waals surface area contributed by atoms with Gasteiger partial charge in [0, 0.05) is 30.2 Å². The summed E-state index contributed by atoms with van der Waals surface area (Å²) >= 11 is 5.94. The van der Waals surface area contributed by atoms with E-state index < -0.39 is 46.7 Å². The van der Waals surface area contributed by atoms with Crippen molar-refractivity contribution in [3.8, 4) is 17.3 Å². The number of amides is 1. The molecule has 3 aromatic heterocycles. The van der Waals surface area contributed by atoms with Crippen LogP contribution in [0.5, 0.6) is 11.5 Å². The number of alkyl halides is 6. The molecule has 0 atom stereocenters. The highest BCUT2D eigenvalue weighted by atomic mass is 35.5. The third kappa shape index (κ3) is 5.32. The lowest BCUT2D eigenvalue weighted by molar-refractivity contribution is -0.145. The van der Waals surface area contributed by atoms with E-state index in [1.54, 1.807) is 0 Å². The summed E-state index contributed by atoms with van der Waals surface area (Å²) < 4.78 is 102. The standard InChI is InChI=1S/C22H12ClF7N6O2/c23-16-15(5-7-32-18(16)31)38-14-4-3-10(8-13(14)24)35-20(37)11-9-34-36(17(11)22(28,29)30)19-12(21(25,26)27)2-1-6-33-19/h1-9H,(H2,31,32)(H,35,37). The summed E-state index contributed by atoms with van der Waals surface area (Å²) in [7, 11) is 0. The van der Waals surface area contributed by atoms with Crippen LogP contribution in [0.25, 0.3) is 5.82 Å². The van der Waals surface area contributed by atoms with Gasteiger partial charge in [0.05, 0.1) is 11.8 Å². The fraction of sp³-hybridized carbons (Fsp3) is 0.0909. The molecule has 16 heteroatoms. The van der Waals surface area contributed by atoms with E-state index in [4.69, 9.17) is 22.1 Å². The number of nitrogens with two attached hydrogens (primary N) is 1. The van der Waals surface area contributed by atoms with Crippen molar-refractivity contribution in [3.05, 3.63) is 82.6 Å². The number of rotatable bonds is 5. The van der Waals surface area contributed by atoms with E-state index in [-0.39, 0.29) is 32.7 Å². The van der Waals surface area contributed by atoms with Crippen molar-refractivity contribution in [2.24, 2.45) is 0 Å². The van der Waals surface area contributed by atoms with Gasteiger partial charge in [0.1, 0.15) is 16.4 Å². The Morgan fingerprint density at radius 2 is 1.74 bits per heavy atom. The van der Waals surface area contributed by atoms with Gasteiger partial charge < -0.3 is 15.8 Å². The van der Waals surface area contributed by atoms with Crippen molar-refractivity contribution in [3.63, 3.8) is 0 Å². The average molecular weight is 561 g/mol. The molecule has 8 nitrogen and oxygen atoms in total. The molecule has 0 radical (unpaired) electrons. The molecule has 3 N–H and O–H groups in total. The number of hydrogen-bond acceptors (Lipinski definition) is 6. The number of anilines is 2. The summed E-state index contributed by atoms with van der Waals surface area (Å²) in [6.07, 6.45) is -7.86. The van der Waals surface area contributed by atoms with Gasteiger partial charge >= 0.3 is 12.4 Å². The number of nitrogens with one attached hydrogen (secondary N) is 1. The van der Waals surface area contributed by atoms with E-state index in [1.165, 1.54) is 12.3 Å². The first kappa shape index (κ1) is 26.7. The van der Waals surface area contributed by atoms with E-state index in [1.807, 2.05) is 5.32 Å². The molecule has 4 rings (SSSR count). The largest absolute Gasteiger partial charge is 0.453 e. The smallest absolute Gasteiger partial charge is 0.434 e. The lowest BCUT2D eigenvalue weighted by Gasteiger charge is -2.16. The Morgan fingerprint density at radius 1 is 1.00 bits per heavy atom. The maximum absolute atomic E-state index is 14.6. The van der Waals surface area contributed by atoms with Gasteiger partial charge in [0.2, 0.25) is 0 Å². The average Bonchev–Trinajstić information content (AvgIpc) is 3.29. The Balaban J connectivity index is 1.65. The number of carbonyl (C=O) groups is 1. The van der Waals surface area contributed by atoms with Crippen LogP contribution in [0, 0.1) is 5.82 Å². The van der Waals surface area contributed by atoms with Crippen LogP contribution in [0.1, 0.15) is 21.6 Å². The molecule has 1 amide bonds. The summed E-state index contributed by atoms with van der Waals surface area (Å²) in [6.45, 7) is 0. The summed E-state index contributed by atoms with van der Waals surface area (Å²) in [5.74, 6) is -4.13. The Morgan fingerprint density at radius 3 is 2.39 bits per heavy atom. The van der Waals surface area contributed by atoms with Crippen molar-refractivity contribution in [1.29, 1.82) is 0 Å². The SMILES string of the molecule is Nc1nccc(Oc2ccc(NC(=O)c3cnn(-c4ncccc4C(F)(F)F)c3C(F)(F)F)cc2F)c1Cl. The van der Waals surface area contributed by atoms with Gasteiger partial charge in [-0.25, -0.2) is 19.0 Å². The molecule has 38 heavy (non-hydrogen) atoms. The maximum atomic E-state index is 14.6. The normalized spacial score (nSPS) is 11.9. The molecule has 0 spiro atoms. The number of pyridine rings is 2. The van der Waals surface area contributed by atoms with Crippen molar-refractivity contribution in [1.82, 2.24) is 19.7 Å². The van der Waals surface area contributed by atoms with Crippen LogP contribution in [-0.2, 0) is 12.4 Å². The van der Waals surface area contributed by atoms with Crippen LogP contribution >= 0.6 is 11.6 Å². The molecular formula is C22H12ClF7N6O2. The van der Waals surface area contributed by atoms with Crippen LogP contribution in [0.2, 0.25) is 5.02 Å². The van der Waals surface area contributed by atoms with Gasteiger partial charge in [-0.1, -0.05) is 11.6 Å². The van der Waals surface area contributed by atoms with Gasteiger partial charge in [-0.05, 0) is 24.3 Å². The number of hydrogen-bond donors (Lipinski definition) is 2. The highest BCUT2D eigenvalue weighted by Crippen LogP contribution is 2.38. The minimum Gasteiger partial charge on any atom is -0.453 e. The third-order valence-corrected chi connectivity index (χ3v) is 5.25. The summed E-state index contributed by atoms with van der Waals surface area (Å²) in [5, 5.41) is 5.29. The van der Waals surface area contributed by atoms with Gasteiger partial charge in [-0.3, -0.25) is 4.79 Å². The van der Waals surface area contributed by atoms with E-state index in [2.05, 4.69) is 15.1 Å². The molecule has 198 valence electrons. The van der Waals surface area contributed by atoms with Crippen molar-refractivity contribution in [2.75, 3.05) is 11.1 Å². The summed E-state index contributed by atoms with van der Waals surface area (Å²) in [4.78, 5) is 19.8. The van der Waals surface area contributed by atoms with Crippen LogP contribution in [-0.4, -0.2) is 25.7 Å². The predicted octanol–water partition coefficient (Wildman–Crippen LogP) is 6.12. The zero-order chi connectivity index (χ0) is 27.8. The number of nitrogen functional groups attached to an aromatic ring is 1. The van der Waals surface area contributed by atoms with E-state index >= 15 is 0 Å². The molecule has 0 saturated carbocycles. The first-order chi connectivity index (χ1) is 17.8. The lowest BCUT2D eigenvalue weighted by atomic mass is 10.2. The quantitative estimate of drug-likeness (QED) is 0.285. The molecular weight excluding hydrogens is 549 g/mol. The first-order valence-corrected chi connectivity index (χ1v) is 10.5. The summed E-state index contributed by atoms with van der Waals surface area (Å²) in [6, 6.07) is 5.60. The monoisotopic (exact) mass is 560 g/mol. The number of halogens is 8. The second-order valence-electron chi connectivity index (χ2n) is 7.40. The van der Waals surface area contributed by atoms with E-state index in [0.717, 1.165) is 30.5 Å². The molecule has 0 bridgehead atoms. The molecule has 3 heterocycles. The Kier molecular flexibility index (Phi) is 6.88. The summed E-state index contributed by atoms with van der Waals surface area (Å²) in [5.41, 5.74) is 0.801. The van der Waals surface area contributed by atoms with Crippen LogP contribution in [0.15, 0.2) is 55.0 Å². The molecule has 0 aliphatic heterocycles. The Bertz CT molecular complexity index is 1520. The van der Waals surface area contributed by atoms with Crippen LogP contribution < -0.4 is 15.8 Å². The predicted molar refractivity (Wildman–Crippen MR) is 119 cm³/mol. The van der Waals surface area contributed by atoms with E-state index in [9.17, 15) is 35.5 Å². The fourth-order valence-corrected chi connectivity index (χ4v) is 3.38. The number of benzene rings is 1. The van der Waals surface area contributed by atoms with Crippen molar-refractivity contribution >= 4 is 29.0 Å². The first-order valence-electron chi connectivity index (χ1n) is 10.1. The number of nitrogens with zero attached hydrogens (tertiary/aromatic N) is 4. The van der Waals surface area contributed by atoms with Gasteiger partial charge in [-0.2, -0.15) is 31.4 Å². The number of ether oxygens (including phenoxy) is 1. The highest BCUT2D eigenvalue weighted by Gasteiger charge is 2.43. The molecule has 0 fully saturated rings. The molecule has 0 unspecified atom stereocenters. The van der Waals surface area contributed by atoms with Crippen LogP contribution in [0.4, 0.5) is 42.2 Å². The maximum Gasteiger partial charge on any atom is 0.434 e. The molecule has 0 saturated heterocycles. The number of carbonyl (C=O) groups excluding carboxylic acids is 1. The van der Waals surface area contributed by atoms with Gasteiger partial charge in [0.25, 0.3) is 5.91 Å². The minimum absolute atomic E-state index is 0.0372. The number of aromatic nitrogens is 4. The molecule has 0 aliphatic rings. The zero-order valence-electron chi connectivity index (χ0n) is 18.4. The Hall–Kier alpha value is -4.40. The lowest BCUT2D eigenvalue weighted by Crippen LogP contribution is -2.22. The molecule has 1 aromatic carbocycles. The van der Waals surface area contributed by atoms with Gasteiger partial charge in [-0.15, -0.1) is 0 Å². The van der Waals surface area contributed by atoms with Crippen molar-refractivity contribution in [2.45, 2.75) is 12.4 Å². The third-order valence-electron chi connectivity index (χ3n) is 4.87. The fourth-order valence-electron chi connectivity index (χ4n) is 3.23. The Labute approximate surface area is 212 Å². The van der Waals surface area contributed by atoms with Crippen molar-refractivity contribution < 1.29 is 40.3 Å². The topological polar surface area (TPSA) is 108 Å². The minimum atomic E-state index is -5.32. The molecule has 0 aliphatic carbocycles. The zero-order valence-corrected chi connectivity index (χ0v) is 19.2. The van der Waals surface area contributed by atoms with Crippen LogP contribution in [0.3, 0.4) is 0 Å². The highest BCUT2D eigenvalue weighted by molar-refractivity contribution is 6.34. The molecule has 4 aromatic rings. The van der Waals surface area contributed by atoms with E-state index in [0.29, 0.717) is 12.3 Å². The van der Waals surface area contributed by atoms with Gasteiger partial charge in [0.15, 0.2) is 28.8 Å². The second-order valence-corrected chi connectivity index (χ2v) is 7.78.